The van der Waals surface area contributed by atoms with Crippen molar-refractivity contribution in [2.75, 3.05) is 26.7 Å². The summed E-state index contributed by atoms with van der Waals surface area (Å²) in [5.74, 6) is 1.14. The lowest BCUT2D eigenvalue weighted by atomic mass is 9.66. The van der Waals surface area contributed by atoms with Crippen LogP contribution < -0.4 is 15.0 Å². The second-order valence-electron chi connectivity index (χ2n) is 7.86. The number of piperidine rings is 1. The fourth-order valence-electron chi connectivity index (χ4n) is 4.95. The highest BCUT2D eigenvalue weighted by Crippen LogP contribution is 2.45. The van der Waals surface area contributed by atoms with Gasteiger partial charge in [0.25, 0.3) is 5.91 Å². The Labute approximate surface area is 156 Å². The molecule has 3 N–H and O–H groups in total. The van der Waals surface area contributed by atoms with E-state index in [1.165, 1.54) is 4.90 Å². The van der Waals surface area contributed by atoms with Crippen LogP contribution in [-0.2, 0) is 4.79 Å². The van der Waals surface area contributed by atoms with Gasteiger partial charge in [-0.25, -0.2) is 0 Å². The van der Waals surface area contributed by atoms with Crippen LogP contribution in [0.25, 0.3) is 0 Å². The normalized spacial score (nSPS) is 31.1. The van der Waals surface area contributed by atoms with E-state index in [1.54, 1.807) is 7.11 Å². The Bertz CT molecular complexity index is 621. The number of carbonyl (C=O) groups excluding carboxylic acids is 1. The number of amides is 1. The molecule has 26 heavy (non-hydrogen) atoms. The summed E-state index contributed by atoms with van der Waals surface area (Å²) in [6.45, 7) is 4.05. The molecular weight excluding hydrogens is 328 g/mol. The summed E-state index contributed by atoms with van der Waals surface area (Å²) in [5, 5.41) is 14.3. The van der Waals surface area contributed by atoms with Crippen molar-refractivity contribution in [2.24, 2.45) is 5.92 Å². The molecule has 5 heteroatoms. The number of methoxy groups -OCH3 is 1. The first-order valence-electron chi connectivity index (χ1n) is 10.1. The number of ether oxygens (including phenoxy) is 1. The number of quaternary nitrogens is 1. The molecule has 1 aliphatic carbocycles. The van der Waals surface area contributed by atoms with E-state index in [-0.39, 0.29) is 17.9 Å². The smallest absolute Gasteiger partial charge is 0.275 e. The van der Waals surface area contributed by atoms with Crippen LogP contribution in [0, 0.1) is 5.92 Å². The minimum absolute atomic E-state index is 0.0950. The Balaban J connectivity index is 1.91. The maximum absolute atomic E-state index is 12.4. The van der Waals surface area contributed by atoms with E-state index >= 15 is 0 Å². The number of aliphatic hydroxyl groups is 1. The van der Waals surface area contributed by atoms with Crippen molar-refractivity contribution in [1.82, 2.24) is 5.32 Å². The van der Waals surface area contributed by atoms with Gasteiger partial charge in [0.15, 0.2) is 6.54 Å². The third-order valence-electron chi connectivity index (χ3n) is 6.22. The average Bonchev–Trinajstić information content (AvgIpc) is 2.66. The lowest BCUT2D eigenvalue weighted by Crippen LogP contribution is -3.16. The lowest BCUT2D eigenvalue weighted by Gasteiger charge is -2.50. The van der Waals surface area contributed by atoms with E-state index in [1.807, 2.05) is 18.2 Å². The first kappa shape index (κ1) is 19.2. The zero-order valence-electron chi connectivity index (χ0n) is 16.1. The monoisotopic (exact) mass is 361 g/mol. The van der Waals surface area contributed by atoms with E-state index < -0.39 is 5.60 Å². The number of fused-ring (bicyclic) bond motifs is 1. The number of benzene rings is 1. The van der Waals surface area contributed by atoms with Gasteiger partial charge in [0, 0.05) is 18.9 Å². The maximum Gasteiger partial charge on any atom is 0.275 e. The van der Waals surface area contributed by atoms with E-state index in [4.69, 9.17) is 4.74 Å². The molecule has 2 aliphatic rings. The van der Waals surface area contributed by atoms with Crippen LogP contribution in [0.15, 0.2) is 24.3 Å². The molecule has 0 bridgehead atoms. The molecule has 0 aromatic heterocycles. The van der Waals surface area contributed by atoms with Gasteiger partial charge < -0.3 is 20.1 Å². The molecule has 1 heterocycles. The highest BCUT2D eigenvalue weighted by Gasteiger charge is 2.52. The molecule has 1 unspecified atom stereocenters. The molecular formula is C21H33N2O3+. The number of rotatable bonds is 6. The number of likely N-dealkylation sites (tertiary alicyclic amines) is 1. The number of hydrogen-bond donors (Lipinski definition) is 3. The van der Waals surface area contributed by atoms with Gasteiger partial charge in [-0.15, -0.1) is 0 Å². The van der Waals surface area contributed by atoms with Crippen molar-refractivity contribution in [1.29, 1.82) is 0 Å². The van der Waals surface area contributed by atoms with Crippen molar-refractivity contribution < 1.29 is 19.5 Å². The Morgan fingerprint density at radius 1 is 1.35 bits per heavy atom. The predicted molar refractivity (Wildman–Crippen MR) is 101 cm³/mol. The van der Waals surface area contributed by atoms with Gasteiger partial charge in [-0.1, -0.05) is 31.9 Å². The highest BCUT2D eigenvalue weighted by molar-refractivity contribution is 5.76. The Kier molecular flexibility index (Phi) is 6.20. The van der Waals surface area contributed by atoms with E-state index in [9.17, 15) is 9.90 Å². The molecule has 1 aromatic rings. The molecule has 2 fully saturated rings. The van der Waals surface area contributed by atoms with Crippen molar-refractivity contribution in [3.63, 3.8) is 0 Å². The summed E-state index contributed by atoms with van der Waals surface area (Å²) >= 11 is 0. The van der Waals surface area contributed by atoms with Crippen molar-refractivity contribution in [2.45, 2.75) is 57.1 Å². The van der Waals surface area contributed by atoms with Crippen LogP contribution >= 0.6 is 0 Å². The van der Waals surface area contributed by atoms with Crippen LogP contribution in [0.5, 0.6) is 5.75 Å². The maximum atomic E-state index is 12.4. The average molecular weight is 362 g/mol. The first-order valence-corrected chi connectivity index (χ1v) is 10.1. The van der Waals surface area contributed by atoms with Crippen LogP contribution in [0.4, 0.5) is 0 Å². The quantitative estimate of drug-likeness (QED) is 0.719. The number of para-hydroxylation sites is 1. The molecule has 1 saturated heterocycles. The van der Waals surface area contributed by atoms with Crippen molar-refractivity contribution in [3.8, 4) is 5.75 Å². The summed E-state index contributed by atoms with van der Waals surface area (Å²) in [6, 6.07) is 8.20. The standard InChI is InChI=1S/C21H32N2O3/c1-3-13-22-19(24)15-23-14-12-21(25)11-7-6-9-17(21)20(23)16-8-4-5-10-18(16)26-2/h4-5,8,10,17,20,25H,3,6-7,9,11-15H2,1-2H3,(H,22,24)/p+1/t17-,20+,21+/m1/s1. The third-order valence-corrected chi connectivity index (χ3v) is 6.22. The van der Waals surface area contributed by atoms with Crippen LogP contribution in [0.2, 0.25) is 0 Å². The number of carbonyl (C=O) groups is 1. The van der Waals surface area contributed by atoms with Crippen LogP contribution in [0.1, 0.15) is 57.1 Å². The summed E-state index contributed by atoms with van der Waals surface area (Å²) in [7, 11) is 1.70. The van der Waals surface area contributed by atoms with Gasteiger partial charge in [-0.05, 0) is 31.4 Å². The molecule has 144 valence electrons. The Hall–Kier alpha value is -1.59. The molecule has 3 rings (SSSR count). The van der Waals surface area contributed by atoms with Gasteiger partial charge in [0.05, 0.1) is 24.8 Å². The summed E-state index contributed by atoms with van der Waals surface area (Å²) in [4.78, 5) is 13.7. The molecule has 4 atom stereocenters. The Morgan fingerprint density at radius 2 is 2.15 bits per heavy atom. The van der Waals surface area contributed by atoms with Gasteiger partial charge in [-0.2, -0.15) is 0 Å². The molecule has 5 nitrogen and oxygen atoms in total. The SMILES string of the molecule is CCCNC(=O)C[NH+]1CC[C@@]2(O)CCCC[C@@H]2[C@@H]1c1ccccc1OC. The minimum atomic E-state index is -0.604. The van der Waals surface area contributed by atoms with Gasteiger partial charge >= 0.3 is 0 Å². The molecule has 0 spiro atoms. The van der Waals surface area contributed by atoms with E-state index in [2.05, 4.69) is 18.3 Å². The van der Waals surface area contributed by atoms with Crippen molar-refractivity contribution >= 4 is 5.91 Å². The van der Waals surface area contributed by atoms with Crippen molar-refractivity contribution in [3.05, 3.63) is 29.8 Å². The fraction of sp³-hybridized carbons (Fsp3) is 0.667. The first-order chi connectivity index (χ1) is 12.6. The van der Waals surface area contributed by atoms with Crippen LogP contribution in [0.3, 0.4) is 0 Å². The molecule has 1 saturated carbocycles. The van der Waals surface area contributed by atoms with E-state index in [0.29, 0.717) is 6.54 Å². The molecule has 1 aliphatic heterocycles. The van der Waals surface area contributed by atoms with E-state index in [0.717, 1.165) is 62.9 Å². The number of hydrogen-bond acceptors (Lipinski definition) is 3. The third kappa shape index (κ3) is 3.89. The molecule has 0 radical (unpaired) electrons. The fourth-order valence-corrected chi connectivity index (χ4v) is 4.95. The lowest BCUT2D eigenvalue weighted by molar-refractivity contribution is -0.937. The second kappa shape index (κ2) is 8.40. The van der Waals surface area contributed by atoms with Gasteiger partial charge in [0.2, 0.25) is 0 Å². The zero-order chi connectivity index (χ0) is 18.6. The zero-order valence-corrected chi connectivity index (χ0v) is 16.1. The largest absolute Gasteiger partial charge is 0.496 e. The van der Waals surface area contributed by atoms with Gasteiger partial charge in [0.1, 0.15) is 11.8 Å². The van der Waals surface area contributed by atoms with Gasteiger partial charge in [-0.3, -0.25) is 4.79 Å². The Morgan fingerprint density at radius 3 is 2.92 bits per heavy atom. The summed E-state index contributed by atoms with van der Waals surface area (Å²) < 4.78 is 5.63. The predicted octanol–water partition coefficient (Wildman–Crippen LogP) is 1.47. The van der Waals surface area contributed by atoms with Crippen LogP contribution in [-0.4, -0.2) is 43.4 Å². The summed E-state index contributed by atoms with van der Waals surface area (Å²) in [6.07, 6.45) is 5.85. The molecule has 1 amide bonds. The second-order valence-corrected chi connectivity index (χ2v) is 7.86. The molecule has 1 aromatic carbocycles. The highest BCUT2D eigenvalue weighted by atomic mass is 16.5. The number of nitrogens with one attached hydrogen (secondary N) is 2. The summed E-state index contributed by atoms with van der Waals surface area (Å²) in [5.41, 5.74) is 0.519. The minimum Gasteiger partial charge on any atom is -0.496 e. The topological polar surface area (TPSA) is 63.0 Å².